The lowest BCUT2D eigenvalue weighted by Crippen LogP contribution is -2.40. The molecular weight excluding hydrogens is 172 g/mol. The molecule has 0 aromatic carbocycles. The lowest BCUT2D eigenvalue weighted by atomic mass is 10.2. The second kappa shape index (κ2) is 4.67. The Morgan fingerprint density at radius 1 is 1.69 bits per heavy atom. The lowest BCUT2D eigenvalue weighted by molar-refractivity contribution is 0.0500. The molecule has 0 aliphatic heterocycles. The number of amides is 1. The maximum atomic E-state index is 11.0. The van der Waals surface area contributed by atoms with Gasteiger partial charge in [0.1, 0.15) is 11.6 Å². The van der Waals surface area contributed by atoms with E-state index in [0.717, 1.165) is 0 Å². The van der Waals surface area contributed by atoms with Crippen LogP contribution in [0.2, 0.25) is 0 Å². The van der Waals surface area contributed by atoms with Crippen LogP contribution in [0, 0.1) is 11.3 Å². The smallest absolute Gasteiger partial charge is 0.408 e. The fourth-order valence-electron chi connectivity index (χ4n) is 0.569. The molecule has 0 aliphatic carbocycles. The number of rotatable bonds is 2. The number of nitrogens with one attached hydrogen (secondary N) is 1. The van der Waals surface area contributed by atoms with Gasteiger partial charge < -0.3 is 15.2 Å². The van der Waals surface area contributed by atoms with Crippen LogP contribution in [0.5, 0.6) is 0 Å². The van der Waals surface area contributed by atoms with Crippen molar-refractivity contribution in [3.05, 3.63) is 0 Å². The summed E-state index contributed by atoms with van der Waals surface area (Å²) in [6, 6.07) is 0.799. The van der Waals surface area contributed by atoms with Crippen LogP contribution in [0.15, 0.2) is 0 Å². The minimum absolute atomic E-state index is 0.421. The van der Waals surface area contributed by atoms with Gasteiger partial charge in [0.05, 0.1) is 12.7 Å². The highest BCUT2D eigenvalue weighted by Crippen LogP contribution is 2.06. The van der Waals surface area contributed by atoms with E-state index in [0.29, 0.717) is 0 Å². The minimum Gasteiger partial charge on any atom is -0.444 e. The largest absolute Gasteiger partial charge is 0.444 e. The number of nitriles is 1. The molecular formula is C8H14N2O3. The molecule has 0 aromatic heterocycles. The number of hydrogen-bond donors (Lipinski definition) is 2. The summed E-state index contributed by atoms with van der Waals surface area (Å²) in [5, 5.41) is 19.2. The number of carbonyl (C=O) groups is 1. The SMILES string of the molecule is CC(C)(C)OC(=O)N[C@H](C#N)CO. The summed E-state index contributed by atoms with van der Waals surface area (Å²) in [6.07, 6.45) is -0.701. The van der Waals surface area contributed by atoms with Gasteiger partial charge in [0.25, 0.3) is 0 Å². The third-order valence-electron chi connectivity index (χ3n) is 1.03. The second-order valence-corrected chi connectivity index (χ2v) is 3.51. The molecule has 0 bridgehead atoms. The Labute approximate surface area is 77.3 Å². The molecule has 5 heteroatoms. The van der Waals surface area contributed by atoms with Gasteiger partial charge in [0.15, 0.2) is 0 Å². The summed E-state index contributed by atoms with van der Waals surface area (Å²) >= 11 is 0. The van der Waals surface area contributed by atoms with Gasteiger partial charge >= 0.3 is 6.09 Å². The van der Waals surface area contributed by atoms with Crippen molar-refractivity contribution in [2.45, 2.75) is 32.4 Å². The highest BCUT2D eigenvalue weighted by molar-refractivity contribution is 5.68. The Morgan fingerprint density at radius 3 is 2.54 bits per heavy atom. The van der Waals surface area contributed by atoms with E-state index < -0.39 is 24.3 Å². The topological polar surface area (TPSA) is 82.3 Å². The normalized spacial score (nSPS) is 12.8. The van der Waals surface area contributed by atoms with Crippen LogP contribution in [0.25, 0.3) is 0 Å². The van der Waals surface area contributed by atoms with Gasteiger partial charge in [-0.1, -0.05) is 0 Å². The third kappa shape index (κ3) is 5.93. The number of ether oxygens (including phenoxy) is 1. The molecule has 1 amide bonds. The van der Waals surface area contributed by atoms with Crippen molar-refractivity contribution in [1.29, 1.82) is 5.26 Å². The molecule has 0 heterocycles. The Kier molecular flexibility index (Phi) is 4.21. The van der Waals surface area contributed by atoms with Crippen molar-refractivity contribution >= 4 is 6.09 Å². The molecule has 5 nitrogen and oxygen atoms in total. The zero-order valence-electron chi connectivity index (χ0n) is 8.00. The molecule has 0 saturated carbocycles. The lowest BCUT2D eigenvalue weighted by Gasteiger charge is -2.20. The monoisotopic (exact) mass is 186 g/mol. The molecule has 0 rings (SSSR count). The van der Waals surface area contributed by atoms with Gasteiger partial charge in [-0.2, -0.15) is 5.26 Å². The van der Waals surface area contributed by atoms with E-state index in [-0.39, 0.29) is 0 Å². The standard InChI is InChI=1S/C8H14N2O3/c1-8(2,3)13-7(12)10-6(4-9)5-11/h6,11H,5H2,1-3H3,(H,10,12)/t6-/m1/s1. The fourth-order valence-corrected chi connectivity index (χ4v) is 0.569. The minimum atomic E-state index is -0.908. The quantitative estimate of drug-likeness (QED) is 0.653. The summed E-state index contributed by atoms with van der Waals surface area (Å²) in [7, 11) is 0. The molecule has 74 valence electrons. The fraction of sp³-hybridized carbons (Fsp3) is 0.750. The second-order valence-electron chi connectivity index (χ2n) is 3.51. The molecule has 13 heavy (non-hydrogen) atoms. The first-order valence-electron chi connectivity index (χ1n) is 3.89. The summed E-state index contributed by atoms with van der Waals surface area (Å²) in [4.78, 5) is 11.0. The average Bonchev–Trinajstić information content (AvgIpc) is 1.96. The van der Waals surface area contributed by atoms with E-state index in [4.69, 9.17) is 15.1 Å². The van der Waals surface area contributed by atoms with Crippen molar-refractivity contribution in [3.63, 3.8) is 0 Å². The first kappa shape index (κ1) is 11.7. The van der Waals surface area contributed by atoms with Gasteiger partial charge in [0, 0.05) is 0 Å². The van der Waals surface area contributed by atoms with E-state index in [1.807, 2.05) is 0 Å². The first-order valence-corrected chi connectivity index (χ1v) is 3.89. The molecule has 0 spiro atoms. The van der Waals surface area contributed by atoms with Crippen LogP contribution >= 0.6 is 0 Å². The molecule has 0 unspecified atom stereocenters. The van der Waals surface area contributed by atoms with Crippen LogP contribution in [-0.2, 0) is 4.74 Å². The Bertz CT molecular complexity index is 214. The van der Waals surface area contributed by atoms with Crippen LogP contribution in [0.1, 0.15) is 20.8 Å². The number of nitrogens with zero attached hydrogens (tertiary/aromatic N) is 1. The van der Waals surface area contributed by atoms with E-state index >= 15 is 0 Å². The zero-order chi connectivity index (χ0) is 10.5. The van der Waals surface area contributed by atoms with Crippen molar-refractivity contribution in [2.75, 3.05) is 6.61 Å². The maximum absolute atomic E-state index is 11.0. The third-order valence-corrected chi connectivity index (χ3v) is 1.03. The van der Waals surface area contributed by atoms with E-state index in [9.17, 15) is 4.79 Å². The molecule has 0 aliphatic rings. The van der Waals surface area contributed by atoms with Crippen molar-refractivity contribution < 1.29 is 14.6 Å². The van der Waals surface area contributed by atoms with Gasteiger partial charge in [0.2, 0.25) is 0 Å². The molecule has 0 radical (unpaired) electrons. The first-order chi connectivity index (χ1) is 5.89. The maximum Gasteiger partial charge on any atom is 0.408 e. The van der Waals surface area contributed by atoms with Crippen LogP contribution in [0.3, 0.4) is 0 Å². The molecule has 2 N–H and O–H groups in total. The number of aliphatic hydroxyl groups excluding tert-OH is 1. The molecule has 0 aromatic rings. The highest BCUT2D eigenvalue weighted by atomic mass is 16.6. The Hall–Kier alpha value is -1.28. The molecule has 0 fully saturated rings. The van der Waals surface area contributed by atoms with Crippen LogP contribution in [0.4, 0.5) is 4.79 Å². The van der Waals surface area contributed by atoms with Gasteiger partial charge in [-0.25, -0.2) is 4.79 Å². The van der Waals surface area contributed by atoms with Gasteiger partial charge in [-0.3, -0.25) is 0 Å². The van der Waals surface area contributed by atoms with Gasteiger partial charge in [-0.15, -0.1) is 0 Å². The summed E-state index contributed by atoms with van der Waals surface area (Å²) in [5.41, 5.74) is -0.598. The number of aliphatic hydroxyl groups is 1. The average molecular weight is 186 g/mol. The predicted octanol–water partition coefficient (Wildman–Crippen LogP) is 0.396. The zero-order valence-corrected chi connectivity index (χ0v) is 8.00. The van der Waals surface area contributed by atoms with Crippen LogP contribution < -0.4 is 5.32 Å². The summed E-state index contributed by atoms with van der Waals surface area (Å²) in [5.74, 6) is 0. The highest BCUT2D eigenvalue weighted by Gasteiger charge is 2.18. The Balaban J connectivity index is 3.96. The predicted molar refractivity (Wildman–Crippen MR) is 45.9 cm³/mol. The molecule has 0 saturated heterocycles. The Morgan fingerprint density at radius 2 is 2.23 bits per heavy atom. The number of hydrogen-bond acceptors (Lipinski definition) is 4. The van der Waals surface area contributed by atoms with Crippen LogP contribution in [-0.4, -0.2) is 29.4 Å². The van der Waals surface area contributed by atoms with E-state index in [2.05, 4.69) is 5.32 Å². The van der Waals surface area contributed by atoms with Crippen molar-refractivity contribution in [1.82, 2.24) is 5.32 Å². The van der Waals surface area contributed by atoms with E-state index in [1.165, 1.54) is 0 Å². The van der Waals surface area contributed by atoms with E-state index in [1.54, 1.807) is 26.8 Å². The number of alkyl carbamates (subject to hydrolysis) is 1. The number of carbonyl (C=O) groups excluding carboxylic acids is 1. The summed E-state index contributed by atoms with van der Waals surface area (Å²) < 4.78 is 4.86. The molecule has 1 atom stereocenters. The summed E-state index contributed by atoms with van der Waals surface area (Å²) in [6.45, 7) is 4.72. The van der Waals surface area contributed by atoms with Crippen molar-refractivity contribution in [3.8, 4) is 6.07 Å². The van der Waals surface area contributed by atoms with Crippen molar-refractivity contribution in [2.24, 2.45) is 0 Å². The van der Waals surface area contributed by atoms with Gasteiger partial charge in [-0.05, 0) is 20.8 Å².